The summed E-state index contributed by atoms with van der Waals surface area (Å²) < 4.78 is 1.84. The van der Waals surface area contributed by atoms with Gasteiger partial charge in [0, 0.05) is 16.8 Å². The molecule has 5 nitrogen and oxygen atoms in total. The van der Waals surface area contributed by atoms with E-state index in [1.807, 2.05) is 59.3 Å². The predicted octanol–water partition coefficient (Wildman–Crippen LogP) is 6.12. The first-order chi connectivity index (χ1) is 16.0. The van der Waals surface area contributed by atoms with Crippen molar-refractivity contribution in [3.63, 3.8) is 0 Å². The quantitative estimate of drug-likeness (QED) is 0.420. The first-order valence-electron chi connectivity index (χ1n) is 11.2. The third kappa shape index (κ3) is 3.98. The van der Waals surface area contributed by atoms with E-state index >= 15 is 0 Å². The highest BCUT2D eigenvalue weighted by Gasteiger charge is 2.27. The molecule has 1 N–H and O–H groups in total. The second kappa shape index (κ2) is 8.51. The Kier molecular flexibility index (Phi) is 5.38. The fourth-order valence-electron chi connectivity index (χ4n) is 4.18. The summed E-state index contributed by atoms with van der Waals surface area (Å²) in [6, 6.07) is 26.1. The zero-order chi connectivity index (χ0) is 22.9. The predicted molar refractivity (Wildman–Crippen MR) is 134 cm³/mol. The van der Waals surface area contributed by atoms with Gasteiger partial charge in [0.1, 0.15) is 6.17 Å². The minimum atomic E-state index is -0.321. The summed E-state index contributed by atoms with van der Waals surface area (Å²) in [6.45, 7) is 6.37. The summed E-state index contributed by atoms with van der Waals surface area (Å²) in [7, 11) is 0. The van der Waals surface area contributed by atoms with Crippen LogP contribution in [0.1, 0.15) is 44.0 Å². The van der Waals surface area contributed by atoms with Crippen LogP contribution in [0.25, 0.3) is 28.7 Å². The molecule has 2 heterocycles. The van der Waals surface area contributed by atoms with Gasteiger partial charge < -0.3 is 5.32 Å². The molecule has 0 unspecified atom stereocenters. The number of para-hydroxylation sites is 1. The molecule has 1 atom stereocenters. The Labute approximate surface area is 193 Å². The molecule has 0 saturated heterocycles. The van der Waals surface area contributed by atoms with Crippen molar-refractivity contribution in [1.29, 1.82) is 0 Å². The number of aromatic nitrogens is 3. The maximum Gasteiger partial charge on any atom is 0.300 e. The van der Waals surface area contributed by atoms with Gasteiger partial charge in [-0.3, -0.25) is 4.79 Å². The van der Waals surface area contributed by atoms with E-state index in [-0.39, 0.29) is 11.7 Å². The normalized spacial score (nSPS) is 15.0. The van der Waals surface area contributed by atoms with Gasteiger partial charge in [0.2, 0.25) is 0 Å². The minimum absolute atomic E-state index is 0.267. The highest BCUT2D eigenvalue weighted by atomic mass is 16.1. The van der Waals surface area contributed by atoms with Gasteiger partial charge in [0.05, 0.1) is 0 Å². The molecule has 1 aliphatic heterocycles. The minimum Gasteiger partial charge on any atom is -0.360 e. The van der Waals surface area contributed by atoms with Crippen molar-refractivity contribution in [2.75, 3.05) is 5.32 Å². The van der Waals surface area contributed by atoms with Gasteiger partial charge in [-0.05, 0) is 41.7 Å². The maximum absolute atomic E-state index is 13.1. The molecule has 5 heteroatoms. The lowest BCUT2D eigenvalue weighted by Crippen LogP contribution is -2.32. The Hall–Kier alpha value is -3.99. The van der Waals surface area contributed by atoms with Gasteiger partial charge in [0.15, 0.2) is 11.5 Å². The first kappa shape index (κ1) is 20.9. The van der Waals surface area contributed by atoms with Crippen LogP contribution in [0.3, 0.4) is 0 Å². The summed E-state index contributed by atoms with van der Waals surface area (Å²) in [5.74, 6) is 0.994. The third-order valence-electron chi connectivity index (χ3n) is 6.02. The Bertz CT molecular complexity index is 1390. The molecular weight excluding hydrogens is 408 g/mol. The van der Waals surface area contributed by atoms with Crippen molar-refractivity contribution >= 4 is 11.8 Å². The molecule has 33 heavy (non-hydrogen) atoms. The summed E-state index contributed by atoms with van der Waals surface area (Å²) in [6.07, 6.45) is 1.86. The van der Waals surface area contributed by atoms with Gasteiger partial charge in [-0.1, -0.05) is 86.7 Å². The van der Waals surface area contributed by atoms with Crippen LogP contribution in [0, 0.1) is 0 Å². The standard InChI is InChI=1S/C28H26N4O/c1-18(2)21-13-15-22(16-14-21)25-28(33)30-27-23-11-7-8-12-24(23)29-26(32(27)31-25)19(3)17-20-9-5-4-6-10-20/h4-18,26,29H,1-3H3/b19-17+/t26-/m0/s1. The molecule has 1 aromatic heterocycles. The lowest BCUT2D eigenvalue weighted by molar-refractivity contribution is 0.543. The van der Waals surface area contributed by atoms with E-state index in [1.165, 1.54) is 5.56 Å². The van der Waals surface area contributed by atoms with Gasteiger partial charge in [-0.25, -0.2) is 4.68 Å². The molecule has 0 fully saturated rings. The van der Waals surface area contributed by atoms with E-state index in [1.54, 1.807) is 0 Å². The molecule has 0 bridgehead atoms. The van der Waals surface area contributed by atoms with Crippen LogP contribution in [-0.4, -0.2) is 14.8 Å². The third-order valence-corrected chi connectivity index (χ3v) is 6.02. The number of benzene rings is 3. The van der Waals surface area contributed by atoms with Crippen LogP contribution >= 0.6 is 0 Å². The summed E-state index contributed by atoms with van der Waals surface area (Å²) in [4.78, 5) is 17.6. The Morgan fingerprint density at radius 3 is 2.39 bits per heavy atom. The van der Waals surface area contributed by atoms with Gasteiger partial charge >= 0.3 is 0 Å². The largest absolute Gasteiger partial charge is 0.360 e. The van der Waals surface area contributed by atoms with E-state index in [2.05, 4.69) is 61.4 Å². The number of nitrogens with one attached hydrogen (secondary N) is 1. The average molecular weight is 435 g/mol. The van der Waals surface area contributed by atoms with Crippen molar-refractivity contribution in [2.24, 2.45) is 0 Å². The second-order valence-electron chi connectivity index (χ2n) is 8.70. The molecule has 0 radical (unpaired) electrons. The molecule has 0 aliphatic carbocycles. The second-order valence-corrected chi connectivity index (χ2v) is 8.70. The van der Waals surface area contributed by atoms with Crippen LogP contribution in [0.4, 0.5) is 5.69 Å². The van der Waals surface area contributed by atoms with Crippen LogP contribution in [0.5, 0.6) is 0 Å². The number of hydrogen-bond acceptors (Lipinski definition) is 4. The van der Waals surface area contributed by atoms with Gasteiger partial charge in [-0.2, -0.15) is 10.1 Å². The average Bonchev–Trinajstić information content (AvgIpc) is 2.84. The highest BCUT2D eigenvalue weighted by molar-refractivity contribution is 5.77. The van der Waals surface area contributed by atoms with E-state index in [4.69, 9.17) is 5.10 Å². The van der Waals surface area contributed by atoms with Crippen molar-refractivity contribution < 1.29 is 0 Å². The zero-order valence-corrected chi connectivity index (χ0v) is 19.0. The maximum atomic E-state index is 13.1. The Morgan fingerprint density at radius 2 is 1.67 bits per heavy atom. The molecule has 1 aliphatic rings. The van der Waals surface area contributed by atoms with E-state index in [9.17, 15) is 4.79 Å². The van der Waals surface area contributed by atoms with E-state index in [0.717, 1.165) is 28.0 Å². The SMILES string of the molecule is C/C(=C\c1ccccc1)[C@H]1Nc2ccccc2-c2nc(=O)c(-c3ccc(C(C)C)cc3)nn21. The van der Waals surface area contributed by atoms with Crippen LogP contribution in [0.15, 0.2) is 89.2 Å². The number of hydrogen-bond donors (Lipinski definition) is 1. The smallest absolute Gasteiger partial charge is 0.300 e. The molecule has 0 saturated carbocycles. The highest BCUT2D eigenvalue weighted by Crippen LogP contribution is 2.36. The summed E-state index contributed by atoms with van der Waals surface area (Å²) in [5.41, 5.74) is 6.01. The van der Waals surface area contributed by atoms with Crippen LogP contribution in [0.2, 0.25) is 0 Å². The van der Waals surface area contributed by atoms with E-state index in [0.29, 0.717) is 17.4 Å². The number of anilines is 1. The van der Waals surface area contributed by atoms with Crippen molar-refractivity contribution in [1.82, 2.24) is 14.8 Å². The van der Waals surface area contributed by atoms with Gasteiger partial charge in [-0.15, -0.1) is 0 Å². The molecular formula is C28H26N4O. The fraction of sp³-hybridized carbons (Fsp3) is 0.179. The molecule has 5 rings (SSSR count). The molecule has 0 amide bonds. The molecule has 0 spiro atoms. The number of rotatable bonds is 4. The fourth-order valence-corrected chi connectivity index (χ4v) is 4.18. The van der Waals surface area contributed by atoms with Crippen LogP contribution < -0.4 is 10.9 Å². The summed E-state index contributed by atoms with van der Waals surface area (Å²) >= 11 is 0. The Morgan fingerprint density at radius 1 is 0.970 bits per heavy atom. The summed E-state index contributed by atoms with van der Waals surface area (Å²) in [5, 5.41) is 8.42. The van der Waals surface area contributed by atoms with Crippen molar-refractivity contribution in [2.45, 2.75) is 32.9 Å². The monoisotopic (exact) mass is 434 g/mol. The molecule has 3 aromatic carbocycles. The van der Waals surface area contributed by atoms with E-state index < -0.39 is 0 Å². The lowest BCUT2D eigenvalue weighted by Gasteiger charge is -2.31. The zero-order valence-electron chi connectivity index (χ0n) is 19.0. The topological polar surface area (TPSA) is 59.8 Å². The lowest BCUT2D eigenvalue weighted by atomic mass is 10.0. The number of fused-ring (bicyclic) bond motifs is 3. The Balaban J connectivity index is 1.66. The van der Waals surface area contributed by atoms with Crippen LogP contribution in [-0.2, 0) is 0 Å². The van der Waals surface area contributed by atoms with Gasteiger partial charge in [0.25, 0.3) is 5.56 Å². The molecule has 164 valence electrons. The van der Waals surface area contributed by atoms with Crippen molar-refractivity contribution in [3.05, 3.63) is 106 Å². The number of nitrogens with zero attached hydrogens (tertiary/aromatic N) is 3. The van der Waals surface area contributed by atoms with Crippen molar-refractivity contribution in [3.8, 4) is 22.6 Å². The first-order valence-corrected chi connectivity index (χ1v) is 11.2. The molecule has 4 aromatic rings.